The molecule has 0 fully saturated rings. The zero-order chi connectivity index (χ0) is 12.1. The van der Waals surface area contributed by atoms with Gasteiger partial charge in [-0.3, -0.25) is 4.99 Å². The van der Waals surface area contributed by atoms with Gasteiger partial charge in [0.25, 0.3) is 0 Å². The highest BCUT2D eigenvalue weighted by molar-refractivity contribution is 5.85. The Morgan fingerprint density at radius 1 is 1.07 bits per heavy atom. The van der Waals surface area contributed by atoms with Crippen LogP contribution in [0.5, 0.6) is 0 Å². The molecule has 0 radical (unpaired) electrons. The molecular formula is C13H22N2. The molecule has 0 atom stereocenters. The largest absolute Gasteiger partial charge is 0.308 e. The number of nitrogens with one attached hydrogen (secondary N) is 1. The van der Waals surface area contributed by atoms with E-state index in [9.17, 15) is 0 Å². The van der Waals surface area contributed by atoms with Gasteiger partial charge in [0.15, 0.2) is 0 Å². The van der Waals surface area contributed by atoms with E-state index >= 15 is 0 Å². The van der Waals surface area contributed by atoms with E-state index in [4.69, 9.17) is 5.41 Å². The van der Waals surface area contributed by atoms with E-state index in [2.05, 4.69) is 4.99 Å². The number of benzene rings is 1. The molecule has 0 aromatic heterocycles. The van der Waals surface area contributed by atoms with Crippen molar-refractivity contribution in [1.29, 1.82) is 5.41 Å². The summed E-state index contributed by atoms with van der Waals surface area (Å²) in [6.45, 7) is 9.86. The molecule has 0 saturated carbocycles. The van der Waals surface area contributed by atoms with Crippen LogP contribution in [0.4, 0.5) is 5.69 Å². The van der Waals surface area contributed by atoms with Gasteiger partial charge in [-0.15, -0.1) is 0 Å². The Balaban J connectivity index is 0. The van der Waals surface area contributed by atoms with Gasteiger partial charge in [-0.05, 0) is 13.0 Å². The van der Waals surface area contributed by atoms with Crippen LogP contribution in [0.3, 0.4) is 0 Å². The van der Waals surface area contributed by atoms with Crippen LogP contribution < -0.4 is 0 Å². The highest BCUT2D eigenvalue weighted by atomic mass is 14.7. The maximum atomic E-state index is 7.06. The first kappa shape index (κ1) is 16.0. The second-order valence-corrected chi connectivity index (χ2v) is 2.09. The minimum atomic E-state index is 0.852. The Morgan fingerprint density at radius 2 is 1.60 bits per heavy atom. The molecule has 2 heteroatoms. The molecule has 1 rings (SSSR count). The predicted octanol–water partition coefficient (Wildman–Crippen LogP) is 4.46. The van der Waals surface area contributed by atoms with E-state index < -0.39 is 0 Å². The number of hydrogen-bond acceptors (Lipinski definition) is 2. The summed E-state index contributed by atoms with van der Waals surface area (Å²) in [5.41, 5.74) is 1.70. The van der Waals surface area contributed by atoms with Gasteiger partial charge in [0.2, 0.25) is 0 Å². The zero-order valence-electron chi connectivity index (χ0n) is 10.4. The fourth-order valence-electron chi connectivity index (χ4n) is 0.866. The number of para-hydroxylation sites is 1. The molecule has 0 saturated heterocycles. The van der Waals surface area contributed by atoms with Gasteiger partial charge in [0.1, 0.15) is 0 Å². The van der Waals surface area contributed by atoms with Crippen molar-refractivity contribution in [1.82, 2.24) is 0 Å². The second-order valence-electron chi connectivity index (χ2n) is 2.09. The Bertz CT molecular complexity index is 278. The molecule has 15 heavy (non-hydrogen) atoms. The Labute approximate surface area is 93.6 Å². The summed E-state index contributed by atoms with van der Waals surface area (Å²) in [4.78, 5) is 4.10. The number of aliphatic imine (C=N–C) groups is 1. The Kier molecular flexibility index (Phi) is 13.4. The van der Waals surface area contributed by atoms with Crippen LogP contribution in [0, 0.1) is 5.41 Å². The minimum Gasteiger partial charge on any atom is -0.308 e. The van der Waals surface area contributed by atoms with Crippen LogP contribution >= 0.6 is 0 Å². The first-order valence-electron chi connectivity index (χ1n) is 5.46. The van der Waals surface area contributed by atoms with Gasteiger partial charge in [-0.25, -0.2) is 0 Å². The van der Waals surface area contributed by atoms with E-state index in [1.807, 2.05) is 58.9 Å². The van der Waals surface area contributed by atoms with Crippen LogP contribution in [0.15, 0.2) is 29.3 Å². The monoisotopic (exact) mass is 206 g/mol. The molecule has 0 aliphatic carbocycles. The van der Waals surface area contributed by atoms with Crippen LogP contribution in [0.25, 0.3) is 0 Å². The van der Waals surface area contributed by atoms with E-state index in [0.717, 1.165) is 11.3 Å². The van der Waals surface area contributed by atoms with E-state index in [0.29, 0.717) is 0 Å². The lowest BCUT2D eigenvalue weighted by Gasteiger charge is -1.96. The first-order chi connectivity index (χ1) is 7.38. The van der Waals surface area contributed by atoms with E-state index in [-0.39, 0.29) is 0 Å². The summed E-state index contributed by atoms with van der Waals surface area (Å²) in [6.07, 6.45) is 3.03. The first-order valence-corrected chi connectivity index (χ1v) is 5.46. The van der Waals surface area contributed by atoms with Crippen molar-refractivity contribution < 1.29 is 0 Å². The van der Waals surface area contributed by atoms with Gasteiger partial charge in [-0.1, -0.05) is 45.9 Å². The maximum Gasteiger partial charge on any atom is 0.0713 e. The highest BCUT2D eigenvalue weighted by Crippen LogP contribution is 2.15. The molecule has 1 N–H and O–H groups in total. The van der Waals surface area contributed by atoms with Crippen LogP contribution in [0.2, 0.25) is 0 Å². The lowest BCUT2D eigenvalue weighted by atomic mass is 10.2. The third-order valence-electron chi connectivity index (χ3n) is 1.36. The van der Waals surface area contributed by atoms with Gasteiger partial charge >= 0.3 is 0 Å². The molecule has 0 unspecified atom stereocenters. The third kappa shape index (κ3) is 6.61. The highest BCUT2D eigenvalue weighted by Gasteiger charge is 1.92. The van der Waals surface area contributed by atoms with Gasteiger partial charge in [0, 0.05) is 18.0 Å². The summed E-state index contributed by atoms with van der Waals surface area (Å²) < 4.78 is 0. The van der Waals surface area contributed by atoms with Crippen molar-refractivity contribution in [2.24, 2.45) is 4.99 Å². The molecule has 0 spiro atoms. The summed E-state index contributed by atoms with van der Waals surface area (Å²) in [7, 11) is 0. The molecule has 0 heterocycles. The SMILES string of the molecule is CC.CC.CC=Nc1ccccc1C=N. The van der Waals surface area contributed by atoms with Crippen molar-refractivity contribution in [2.45, 2.75) is 34.6 Å². The lowest BCUT2D eigenvalue weighted by molar-refractivity contribution is 1.48. The Hall–Kier alpha value is -1.44. The van der Waals surface area contributed by atoms with Crippen molar-refractivity contribution in [3.05, 3.63) is 29.8 Å². The average molecular weight is 206 g/mol. The van der Waals surface area contributed by atoms with E-state index in [1.54, 1.807) is 6.21 Å². The van der Waals surface area contributed by atoms with E-state index in [1.165, 1.54) is 6.21 Å². The standard InChI is InChI=1S/C9H10N2.2C2H6/c1-2-11-9-6-4-3-5-8(9)7-10;2*1-2/h2-7,10H,1H3;2*1-2H3. The van der Waals surface area contributed by atoms with Crippen LogP contribution in [-0.4, -0.2) is 12.4 Å². The second kappa shape index (κ2) is 12.6. The Morgan fingerprint density at radius 3 is 2.07 bits per heavy atom. The average Bonchev–Trinajstić information content (AvgIpc) is 2.35. The molecule has 0 bridgehead atoms. The number of nitrogens with zero attached hydrogens (tertiary/aromatic N) is 1. The topological polar surface area (TPSA) is 36.2 Å². The van der Waals surface area contributed by atoms with Gasteiger partial charge < -0.3 is 5.41 Å². The number of hydrogen-bond donors (Lipinski definition) is 1. The minimum absolute atomic E-state index is 0.852. The van der Waals surface area contributed by atoms with Gasteiger partial charge in [0.05, 0.1) is 5.69 Å². The molecule has 0 aliphatic rings. The van der Waals surface area contributed by atoms with Crippen molar-refractivity contribution in [3.63, 3.8) is 0 Å². The van der Waals surface area contributed by atoms with Crippen LogP contribution in [0.1, 0.15) is 40.2 Å². The molecular weight excluding hydrogens is 184 g/mol. The molecule has 1 aromatic carbocycles. The summed E-state index contributed by atoms with van der Waals surface area (Å²) >= 11 is 0. The summed E-state index contributed by atoms with van der Waals surface area (Å²) in [5.74, 6) is 0. The quantitative estimate of drug-likeness (QED) is 0.694. The predicted molar refractivity (Wildman–Crippen MR) is 70.8 cm³/mol. The normalized spacial score (nSPS) is 8.33. The summed E-state index contributed by atoms with van der Waals surface area (Å²) in [6, 6.07) is 7.57. The van der Waals surface area contributed by atoms with Crippen molar-refractivity contribution in [2.75, 3.05) is 0 Å². The molecule has 84 valence electrons. The zero-order valence-corrected chi connectivity index (χ0v) is 10.4. The van der Waals surface area contributed by atoms with Crippen molar-refractivity contribution >= 4 is 18.1 Å². The molecule has 0 amide bonds. The molecule has 1 aromatic rings. The smallest absolute Gasteiger partial charge is 0.0713 e. The lowest BCUT2D eigenvalue weighted by Crippen LogP contribution is -1.78. The van der Waals surface area contributed by atoms with Gasteiger partial charge in [-0.2, -0.15) is 0 Å². The van der Waals surface area contributed by atoms with Crippen molar-refractivity contribution in [3.8, 4) is 0 Å². The fourth-order valence-corrected chi connectivity index (χ4v) is 0.866. The molecule has 2 nitrogen and oxygen atoms in total. The maximum absolute atomic E-state index is 7.06. The summed E-state index contributed by atoms with van der Waals surface area (Å²) in [5, 5.41) is 7.06. The molecule has 0 aliphatic heterocycles. The fraction of sp³-hybridized carbons (Fsp3) is 0.385. The van der Waals surface area contributed by atoms with Crippen LogP contribution in [-0.2, 0) is 0 Å². The number of rotatable bonds is 2. The third-order valence-corrected chi connectivity index (χ3v) is 1.36.